The number of H-pyrrole nitrogens is 1. The number of rotatable bonds is 4. The average molecular weight is 372 g/mol. The number of imidazole rings is 1. The van der Waals surface area contributed by atoms with Gasteiger partial charge in [-0.05, 0) is 80.5 Å². The minimum atomic E-state index is 0.0502. The Kier molecular flexibility index (Phi) is 3.41. The molecule has 1 amide bonds. The largest absolute Gasteiger partial charge is 0.342 e. The number of hydrogen-bond donors (Lipinski definition) is 1. The second-order valence-corrected chi connectivity index (χ2v) is 11.0. The first-order chi connectivity index (χ1) is 12.7. The number of nitrogens with one attached hydrogen (secondary N) is 1. The molecule has 1 aliphatic heterocycles. The van der Waals surface area contributed by atoms with Gasteiger partial charge in [0.1, 0.15) is 0 Å². The van der Waals surface area contributed by atoms with Gasteiger partial charge in [-0.2, -0.15) is 0 Å². The number of thioether (sulfide) groups is 1. The molecular weight excluding hydrogens is 342 g/mol. The fraction of sp³-hybridized carbons (Fsp3) is 0.810. The molecule has 1 saturated heterocycles. The highest BCUT2D eigenvalue weighted by Gasteiger charge is 2.72. The summed E-state index contributed by atoms with van der Waals surface area (Å²) in [4.78, 5) is 23.3. The topological polar surface area (TPSA) is 49.0 Å². The molecule has 1 aromatic heterocycles. The summed E-state index contributed by atoms with van der Waals surface area (Å²) in [7, 11) is 0. The van der Waals surface area contributed by atoms with Gasteiger partial charge in [-0.1, -0.05) is 11.8 Å². The zero-order valence-electron chi connectivity index (χ0n) is 15.5. The van der Waals surface area contributed by atoms with E-state index in [9.17, 15) is 4.79 Å². The first-order valence-electron chi connectivity index (χ1n) is 10.6. The Morgan fingerprint density at radius 3 is 2.92 bits per heavy atom. The Morgan fingerprint density at radius 1 is 1.23 bits per heavy atom. The van der Waals surface area contributed by atoms with Gasteiger partial charge in [-0.25, -0.2) is 4.98 Å². The molecule has 5 fully saturated rings. The molecule has 4 aliphatic carbocycles. The molecule has 4 nitrogen and oxygen atoms in total. The summed E-state index contributed by atoms with van der Waals surface area (Å²) >= 11 is 1.83. The molecule has 1 aromatic rings. The third-order valence-corrected chi connectivity index (χ3v) is 9.88. The van der Waals surface area contributed by atoms with Crippen LogP contribution in [0.5, 0.6) is 0 Å². The van der Waals surface area contributed by atoms with Crippen molar-refractivity contribution in [2.45, 2.75) is 56.5 Å². The van der Waals surface area contributed by atoms with Crippen LogP contribution in [0.3, 0.4) is 0 Å². The molecule has 140 valence electrons. The molecule has 6 rings (SSSR count). The maximum Gasteiger partial charge on any atom is 0.228 e. The number of hydrogen-bond acceptors (Lipinski definition) is 3. The molecule has 26 heavy (non-hydrogen) atoms. The summed E-state index contributed by atoms with van der Waals surface area (Å²) in [5.41, 5.74) is 0.672. The summed E-state index contributed by atoms with van der Waals surface area (Å²) in [6, 6.07) is 0. The normalized spacial score (nSPS) is 43.5. The monoisotopic (exact) mass is 371 g/mol. The van der Waals surface area contributed by atoms with Crippen LogP contribution in [0.15, 0.2) is 17.6 Å². The highest BCUT2D eigenvalue weighted by atomic mass is 32.2. The van der Waals surface area contributed by atoms with Crippen LogP contribution in [0.1, 0.15) is 51.4 Å². The number of nitrogens with zero attached hydrogens (tertiary/aromatic N) is 2. The van der Waals surface area contributed by atoms with Crippen LogP contribution in [-0.4, -0.2) is 39.6 Å². The molecule has 1 N–H and O–H groups in total. The smallest absolute Gasteiger partial charge is 0.228 e. The Bertz CT molecular complexity index is 709. The van der Waals surface area contributed by atoms with E-state index in [1.807, 2.05) is 24.2 Å². The number of amides is 1. The highest BCUT2D eigenvalue weighted by Crippen LogP contribution is 2.79. The van der Waals surface area contributed by atoms with Gasteiger partial charge < -0.3 is 9.88 Å². The molecule has 5 heteroatoms. The molecule has 1 spiro atoms. The summed E-state index contributed by atoms with van der Waals surface area (Å²) in [6.45, 7) is 1.96. The molecule has 0 aromatic carbocycles. The summed E-state index contributed by atoms with van der Waals surface area (Å²) in [5, 5.41) is 1.02. The first-order valence-corrected chi connectivity index (χ1v) is 11.6. The zero-order chi connectivity index (χ0) is 17.4. The molecule has 0 radical (unpaired) electrons. The highest BCUT2D eigenvalue weighted by molar-refractivity contribution is 7.99. The molecule has 1 unspecified atom stereocenters. The van der Waals surface area contributed by atoms with Crippen molar-refractivity contribution in [3.05, 3.63) is 12.4 Å². The molecule has 4 saturated carbocycles. The van der Waals surface area contributed by atoms with Crippen molar-refractivity contribution in [1.29, 1.82) is 0 Å². The van der Waals surface area contributed by atoms with E-state index in [2.05, 4.69) is 14.9 Å². The molecule has 3 bridgehead atoms. The van der Waals surface area contributed by atoms with Crippen molar-refractivity contribution in [1.82, 2.24) is 14.9 Å². The second kappa shape index (κ2) is 5.52. The van der Waals surface area contributed by atoms with Gasteiger partial charge >= 0.3 is 0 Å². The van der Waals surface area contributed by atoms with Crippen LogP contribution in [0.2, 0.25) is 0 Å². The quantitative estimate of drug-likeness (QED) is 0.815. The van der Waals surface area contributed by atoms with Crippen LogP contribution < -0.4 is 0 Å². The molecule has 5 aliphatic rings. The number of piperidine rings is 1. The molecule has 5 atom stereocenters. The van der Waals surface area contributed by atoms with E-state index in [1.165, 1.54) is 38.5 Å². The maximum absolute atomic E-state index is 13.6. The maximum atomic E-state index is 13.6. The van der Waals surface area contributed by atoms with E-state index in [1.54, 1.807) is 0 Å². The lowest BCUT2D eigenvalue weighted by atomic mass is 9.55. The summed E-state index contributed by atoms with van der Waals surface area (Å²) in [6.07, 6.45) is 14.1. The lowest BCUT2D eigenvalue weighted by Crippen LogP contribution is -2.48. The number of likely N-dealkylation sites (tertiary alicyclic amines) is 1. The predicted molar refractivity (Wildman–Crippen MR) is 102 cm³/mol. The second-order valence-electron chi connectivity index (χ2n) is 9.97. The lowest BCUT2D eigenvalue weighted by Gasteiger charge is -2.49. The van der Waals surface area contributed by atoms with Crippen LogP contribution in [-0.2, 0) is 4.79 Å². The van der Waals surface area contributed by atoms with Crippen molar-refractivity contribution in [2.24, 2.45) is 34.5 Å². The van der Waals surface area contributed by atoms with Gasteiger partial charge in [0.15, 0.2) is 5.16 Å². The van der Waals surface area contributed by atoms with E-state index < -0.39 is 0 Å². The summed E-state index contributed by atoms with van der Waals surface area (Å²) < 4.78 is 0. The van der Waals surface area contributed by atoms with Gasteiger partial charge in [-0.15, -0.1) is 0 Å². The zero-order valence-corrected chi connectivity index (χ0v) is 16.3. The number of aromatic nitrogens is 2. The van der Waals surface area contributed by atoms with Crippen LogP contribution in [0.25, 0.3) is 0 Å². The van der Waals surface area contributed by atoms with Crippen molar-refractivity contribution >= 4 is 17.7 Å². The van der Waals surface area contributed by atoms with Crippen LogP contribution >= 0.6 is 11.8 Å². The standard InChI is InChI=1S/C21H29N3OS/c25-18(20-9-15-7-16-8-17(11-20)21(16,10-15)13-20)24-5-1-14(2-6-24)12-26-19-22-3-4-23-19/h3-4,14-17H,1-2,5-13H2,(H,22,23)/t15-,16-,17+,20-,21?/m1/s1. The Hall–Kier alpha value is -0.970. The Morgan fingerprint density at radius 2 is 2.12 bits per heavy atom. The fourth-order valence-electron chi connectivity index (χ4n) is 7.77. The van der Waals surface area contributed by atoms with E-state index in [4.69, 9.17) is 0 Å². The van der Waals surface area contributed by atoms with E-state index in [0.29, 0.717) is 11.3 Å². The Labute approximate surface area is 159 Å². The third kappa shape index (κ3) is 2.15. The average Bonchev–Trinajstić information content (AvgIpc) is 3.28. The van der Waals surface area contributed by atoms with Crippen LogP contribution in [0, 0.1) is 34.5 Å². The third-order valence-electron chi connectivity index (χ3n) is 8.75. The fourth-order valence-corrected chi connectivity index (χ4v) is 8.79. The van der Waals surface area contributed by atoms with Gasteiger partial charge in [-0.3, -0.25) is 4.79 Å². The predicted octanol–water partition coefficient (Wildman–Crippen LogP) is 3.96. The van der Waals surface area contributed by atoms with Crippen molar-refractivity contribution < 1.29 is 4.79 Å². The first kappa shape index (κ1) is 16.0. The van der Waals surface area contributed by atoms with E-state index in [0.717, 1.165) is 60.5 Å². The minimum Gasteiger partial charge on any atom is -0.342 e. The van der Waals surface area contributed by atoms with E-state index in [-0.39, 0.29) is 5.41 Å². The van der Waals surface area contributed by atoms with Crippen molar-refractivity contribution in [2.75, 3.05) is 18.8 Å². The molecular formula is C21H29N3OS. The summed E-state index contributed by atoms with van der Waals surface area (Å²) in [5.74, 6) is 5.14. The van der Waals surface area contributed by atoms with Crippen molar-refractivity contribution in [3.63, 3.8) is 0 Å². The van der Waals surface area contributed by atoms with Gasteiger partial charge in [0, 0.05) is 31.2 Å². The minimum absolute atomic E-state index is 0.0502. The van der Waals surface area contributed by atoms with E-state index >= 15 is 0 Å². The lowest BCUT2D eigenvalue weighted by molar-refractivity contribution is -0.146. The van der Waals surface area contributed by atoms with Gasteiger partial charge in [0.05, 0.1) is 5.41 Å². The number of aromatic amines is 1. The van der Waals surface area contributed by atoms with Crippen molar-refractivity contribution in [3.8, 4) is 0 Å². The number of carbonyl (C=O) groups is 1. The van der Waals surface area contributed by atoms with Gasteiger partial charge in [0.2, 0.25) is 5.91 Å². The SMILES string of the molecule is O=C(N1CCC(CSc2ncc[nH]2)CC1)[C@]12C[C@H]3C[C@@H]4C[C@@H](C1)C4(C3)C2. The van der Waals surface area contributed by atoms with Crippen LogP contribution in [0.4, 0.5) is 0 Å². The Balaban J connectivity index is 1.09. The van der Waals surface area contributed by atoms with Gasteiger partial charge in [0.25, 0.3) is 0 Å². The molecule has 2 heterocycles. The number of carbonyl (C=O) groups excluding carboxylic acids is 1. The number of fused-ring (bicyclic) bond motifs is 2.